The van der Waals surface area contributed by atoms with Crippen LogP contribution in [0.5, 0.6) is 0 Å². The molecule has 0 aliphatic heterocycles. The van der Waals surface area contributed by atoms with Gasteiger partial charge in [0.2, 0.25) is 0 Å². The van der Waals surface area contributed by atoms with Crippen LogP contribution in [0.25, 0.3) is 0 Å². The van der Waals surface area contributed by atoms with Gasteiger partial charge in [0.1, 0.15) is 0 Å². The Morgan fingerprint density at radius 3 is 2.23 bits per heavy atom. The number of rotatable bonds is 2. The van der Waals surface area contributed by atoms with Crippen molar-refractivity contribution in [3.05, 3.63) is 29.8 Å². The Balaban J connectivity index is 2.65. The molecule has 3 heteroatoms. The first-order valence-corrected chi connectivity index (χ1v) is 5.76. The quantitative estimate of drug-likeness (QED) is 0.709. The fourth-order valence-corrected chi connectivity index (χ4v) is 2.18. The number of carbonyl (C=O) groups excluding carboxylic acids is 1. The van der Waals surface area contributed by atoms with Crippen LogP contribution < -0.4 is 4.46 Å². The van der Waals surface area contributed by atoms with Gasteiger partial charge < -0.3 is 0 Å². The molecule has 0 saturated heterocycles. The van der Waals surface area contributed by atoms with E-state index in [0.717, 1.165) is 4.46 Å². The van der Waals surface area contributed by atoms with Gasteiger partial charge in [0, 0.05) is 0 Å². The molecular formula is C10H13NOSe. The van der Waals surface area contributed by atoms with Crippen LogP contribution in [0, 0.1) is 6.92 Å². The van der Waals surface area contributed by atoms with E-state index < -0.39 is 0 Å². The average Bonchev–Trinajstić information content (AvgIpc) is 2.08. The Kier molecular flexibility index (Phi) is 3.52. The maximum absolute atomic E-state index is 11.4. The van der Waals surface area contributed by atoms with Crippen LogP contribution in [0.4, 0.5) is 4.79 Å². The summed E-state index contributed by atoms with van der Waals surface area (Å²) in [5.41, 5.74) is 1.23. The van der Waals surface area contributed by atoms with Crippen LogP contribution >= 0.6 is 0 Å². The molecular weight excluding hydrogens is 229 g/mol. The third kappa shape index (κ3) is 3.21. The summed E-state index contributed by atoms with van der Waals surface area (Å²) >= 11 is -0.0722. The van der Waals surface area contributed by atoms with Crippen molar-refractivity contribution in [1.29, 1.82) is 0 Å². The van der Waals surface area contributed by atoms with E-state index in [-0.39, 0.29) is 19.8 Å². The number of hydrogen-bond acceptors (Lipinski definition) is 1. The summed E-state index contributed by atoms with van der Waals surface area (Å²) in [5, 5.41) is 0. The first kappa shape index (κ1) is 10.3. The van der Waals surface area contributed by atoms with E-state index in [2.05, 4.69) is 0 Å². The Morgan fingerprint density at radius 1 is 1.23 bits per heavy atom. The number of nitrogens with zero attached hydrogens (tertiary/aromatic N) is 1. The summed E-state index contributed by atoms with van der Waals surface area (Å²) in [5.74, 6) is 0. The molecule has 13 heavy (non-hydrogen) atoms. The molecule has 0 radical (unpaired) electrons. The molecule has 1 rings (SSSR count). The summed E-state index contributed by atoms with van der Waals surface area (Å²) in [6.45, 7) is 2.05. The summed E-state index contributed by atoms with van der Waals surface area (Å²) in [4.78, 5) is 13.2. The third-order valence-corrected chi connectivity index (χ3v) is 3.79. The molecule has 0 bridgehead atoms. The molecule has 0 saturated carbocycles. The normalized spacial score (nSPS) is 9.77. The molecule has 1 amide bonds. The predicted molar refractivity (Wildman–Crippen MR) is 55.7 cm³/mol. The van der Waals surface area contributed by atoms with Crippen LogP contribution in [-0.4, -0.2) is 38.8 Å². The molecule has 70 valence electrons. The Hall–Kier alpha value is -0.791. The van der Waals surface area contributed by atoms with E-state index in [0.29, 0.717) is 0 Å². The van der Waals surface area contributed by atoms with Gasteiger partial charge in [-0.25, -0.2) is 0 Å². The van der Waals surface area contributed by atoms with Crippen LogP contribution in [0.1, 0.15) is 5.56 Å². The van der Waals surface area contributed by atoms with Crippen LogP contribution in [0.3, 0.4) is 0 Å². The molecule has 0 atom stereocenters. The van der Waals surface area contributed by atoms with Crippen LogP contribution in [0.15, 0.2) is 24.3 Å². The van der Waals surface area contributed by atoms with Gasteiger partial charge in [-0.15, -0.1) is 0 Å². The average molecular weight is 242 g/mol. The van der Waals surface area contributed by atoms with Crippen molar-refractivity contribution in [1.82, 2.24) is 4.90 Å². The molecule has 0 unspecified atom stereocenters. The zero-order valence-electron chi connectivity index (χ0n) is 8.07. The van der Waals surface area contributed by atoms with Gasteiger partial charge in [0.15, 0.2) is 0 Å². The molecule has 1 aromatic rings. The van der Waals surface area contributed by atoms with Crippen molar-refractivity contribution < 1.29 is 4.79 Å². The molecule has 0 aromatic heterocycles. The summed E-state index contributed by atoms with van der Waals surface area (Å²) in [7, 11) is 3.58. The van der Waals surface area contributed by atoms with E-state index in [1.54, 1.807) is 19.0 Å². The molecule has 0 fully saturated rings. The first-order chi connectivity index (χ1) is 6.09. The summed E-state index contributed by atoms with van der Waals surface area (Å²) in [6, 6.07) is 8.13. The number of aryl methyl sites for hydroxylation is 1. The number of hydrogen-bond donors (Lipinski definition) is 0. The fraction of sp³-hybridized carbons (Fsp3) is 0.300. The van der Waals surface area contributed by atoms with E-state index in [1.165, 1.54) is 5.56 Å². The van der Waals surface area contributed by atoms with Gasteiger partial charge in [0.25, 0.3) is 0 Å². The molecule has 1 aromatic carbocycles. The molecule has 0 heterocycles. The Bertz CT molecular complexity index is 292. The molecule has 0 N–H and O–H groups in total. The maximum atomic E-state index is 11.4. The SMILES string of the molecule is Cc1ccc([Se]C(=O)N(C)C)cc1. The second kappa shape index (κ2) is 4.45. The second-order valence-electron chi connectivity index (χ2n) is 3.08. The topological polar surface area (TPSA) is 20.3 Å². The van der Waals surface area contributed by atoms with Crippen molar-refractivity contribution in [2.75, 3.05) is 14.1 Å². The second-order valence-corrected chi connectivity index (χ2v) is 5.23. The van der Waals surface area contributed by atoms with Gasteiger partial charge in [-0.3, -0.25) is 0 Å². The van der Waals surface area contributed by atoms with E-state index >= 15 is 0 Å². The molecule has 0 spiro atoms. The first-order valence-electron chi connectivity index (χ1n) is 4.05. The summed E-state index contributed by atoms with van der Waals surface area (Å²) in [6.07, 6.45) is 0. The molecule has 0 aliphatic rings. The third-order valence-electron chi connectivity index (χ3n) is 1.59. The zero-order valence-corrected chi connectivity index (χ0v) is 9.79. The fourth-order valence-electron chi connectivity index (χ4n) is 0.798. The summed E-state index contributed by atoms with van der Waals surface area (Å²) < 4.78 is 1.14. The number of benzene rings is 1. The minimum atomic E-state index is -0.0722. The van der Waals surface area contributed by atoms with Crippen molar-refractivity contribution in [3.63, 3.8) is 0 Å². The van der Waals surface area contributed by atoms with Crippen LogP contribution in [0.2, 0.25) is 0 Å². The van der Waals surface area contributed by atoms with Crippen molar-refractivity contribution >= 4 is 24.2 Å². The molecule has 0 aliphatic carbocycles. The van der Waals surface area contributed by atoms with Crippen molar-refractivity contribution in [3.8, 4) is 0 Å². The van der Waals surface area contributed by atoms with Crippen LogP contribution in [-0.2, 0) is 0 Å². The van der Waals surface area contributed by atoms with Crippen molar-refractivity contribution in [2.24, 2.45) is 0 Å². The van der Waals surface area contributed by atoms with Gasteiger partial charge in [-0.1, -0.05) is 0 Å². The molecule has 2 nitrogen and oxygen atoms in total. The monoisotopic (exact) mass is 243 g/mol. The minimum absolute atomic E-state index is 0.0722. The van der Waals surface area contributed by atoms with E-state index in [4.69, 9.17) is 0 Å². The number of carbonyl (C=O) groups is 1. The predicted octanol–water partition coefficient (Wildman–Crippen LogP) is 1.01. The standard InChI is InChI=1S/C10H13NOSe/c1-8-4-6-9(7-5-8)13-10(12)11(2)3/h4-7H,1-3H3. The van der Waals surface area contributed by atoms with Gasteiger partial charge in [-0.2, -0.15) is 0 Å². The zero-order chi connectivity index (χ0) is 9.84. The Labute approximate surface area is 85.1 Å². The van der Waals surface area contributed by atoms with E-state index in [9.17, 15) is 4.79 Å². The Morgan fingerprint density at radius 2 is 1.77 bits per heavy atom. The van der Waals surface area contributed by atoms with Gasteiger partial charge >= 0.3 is 84.8 Å². The van der Waals surface area contributed by atoms with Gasteiger partial charge in [0.05, 0.1) is 0 Å². The van der Waals surface area contributed by atoms with Gasteiger partial charge in [-0.05, 0) is 0 Å². The number of amides is 1. The van der Waals surface area contributed by atoms with E-state index in [1.807, 2.05) is 31.2 Å². The van der Waals surface area contributed by atoms with Crippen molar-refractivity contribution in [2.45, 2.75) is 6.92 Å².